The van der Waals surface area contributed by atoms with Gasteiger partial charge in [-0.2, -0.15) is 0 Å². The zero-order valence-corrected chi connectivity index (χ0v) is 8.04. The van der Waals surface area contributed by atoms with Crippen LogP contribution in [0.4, 0.5) is 4.39 Å². The van der Waals surface area contributed by atoms with Crippen LogP contribution in [0.3, 0.4) is 0 Å². The molecule has 1 fully saturated rings. The third-order valence-corrected chi connectivity index (χ3v) is 2.56. The van der Waals surface area contributed by atoms with Crippen molar-refractivity contribution in [2.24, 2.45) is 5.92 Å². The second kappa shape index (κ2) is 4.28. The van der Waals surface area contributed by atoms with Crippen molar-refractivity contribution in [3.63, 3.8) is 0 Å². The van der Waals surface area contributed by atoms with Crippen LogP contribution in [-0.4, -0.2) is 6.17 Å². The first-order valence-electron chi connectivity index (χ1n) is 5.05. The zero-order chi connectivity index (χ0) is 9.80. The number of benzene rings is 1. The molecule has 0 spiro atoms. The van der Waals surface area contributed by atoms with Crippen molar-refractivity contribution in [2.75, 3.05) is 0 Å². The molecule has 1 aromatic carbocycles. The van der Waals surface area contributed by atoms with Crippen LogP contribution in [0.15, 0.2) is 30.3 Å². The Hall–Kier alpha value is -1.29. The van der Waals surface area contributed by atoms with Crippen molar-refractivity contribution in [1.82, 2.24) is 0 Å². The molecule has 0 heterocycles. The molecule has 2 unspecified atom stereocenters. The van der Waals surface area contributed by atoms with Gasteiger partial charge in [0.1, 0.15) is 6.17 Å². The molecule has 1 heteroatoms. The quantitative estimate of drug-likeness (QED) is 0.548. The third-order valence-electron chi connectivity index (χ3n) is 2.56. The van der Waals surface area contributed by atoms with Gasteiger partial charge in [0.2, 0.25) is 0 Å². The molecule has 2 rings (SSSR count). The van der Waals surface area contributed by atoms with Crippen molar-refractivity contribution >= 4 is 0 Å². The topological polar surface area (TPSA) is 0 Å². The number of rotatable bonds is 0. The van der Waals surface area contributed by atoms with Gasteiger partial charge < -0.3 is 0 Å². The number of alkyl halides is 1. The molecule has 0 aliphatic heterocycles. The van der Waals surface area contributed by atoms with Crippen molar-refractivity contribution < 1.29 is 4.39 Å². The summed E-state index contributed by atoms with van der Waals surface area (Å²) >= 11 is 0. The van der Waals surface area contributed by atoms with Gasteiger partial charge in [0, 0.05) is 11.5 Å². The van der Waals surface area contributed by atoms with Crippen LogP contribution >= 0.6 is 0 Å². The molecule has 0 amide bonds. The maximum absolute atomic E-state index is 12.8. The van der Waals surface area contributed by atoms with Gasteiger partial charge in [0.05, 0.1) is 0 Å². The Morgan fingerprint density at radius 1 is 1.14 bits per heavy atom. The summed E-state index contributed by atoms with van der Waals surface area (Å²) in [4.78, 5) is 0. The molecule has 1 aliphatic carbocycles. The van der Waals surface area contributed by atoms with Crippen molar-refractivity contribution in [1.29, 1.82) is 0 Å². The first kappa shape index (κ1) is 9.27. The molecule has 0 N–H and O–H groups in total. The summed E-state index contributed by atoms with van der Waals surface area (Å²) in [5, 5.41) is 0. The van der Waals surface area contributed by atoms with Gasteiger partial charge in [-0.3, -0.25) is 0 Å². The largest absolute Gasteiger partial charge is 0.247 e. The van der Waals surface area contributed by atoms with E-state index in [0.29, 0.717) is 12.8 Å². The SMILES string of the molecule is FC1CCC(C#Cc2ccccc2)C1. The van der Waals surface area contributed by atoms with Gasteiger partial charge in [-0.05, 0) is 31.4 Å². The van der Waals surface area contributed by atoms with E-state index in [2.05, 4.69) is 11.8 Å². The van der Waals surface area contributed by atoms with Gasteiger partial charge >= 0.3 is 0 Å². The first-order valence-corrected chi connectivity index (χ1v) is 5.05. The number of hydrogen-bond donors (Lipinski definition) is 0. The molecule has 0 radical (unpaired) electrons. The van der Waals surface area contributed by atoms with Crippen molar-refractivity contribution in [3.8, 4) is 11.8 Å². The molecule has 0 nitrogen and oxygen atoms in total. The van der Waals surface area contributed by atoms with Crippen molar-refractivity contribution in [2.45, 2.75) is 25.4 Å². The monoisotopic (exact) mass is 188 g/mol. The molecule has 0 aromatic heterocycles. The lowest BCUT2D eigenvalue weighted by Crippen LogP contribution is -1.92. The smallest absolute Gasteiger partial charge is 0.101 e. The van der Waals surface area contributed by atoms with Crippen LogP contribution in [-0.2, 0) is 0 Å². The molecule has 1 aromatic rings. The lowest BCUT2D eigenvalue weighted by molar-refractivity contribution is 0.338. The van der Waals surface area contributed by atoms with Crippen LogP contribution in [0.25, 0.3) is 0 Å². The van der Waals surface area contributed by atoms with Gasteiger partial charge in [0.15, 0.2) is 0 Å². The molecular weight excluding hydrogens is 175 g/mol. The summed E-state index contributed by atoms with van der Waals surface area (Å²) in [6.45, 7) is 0. The highest BCUT2D eigenvalue weighted by Crippen LogP contribution is 2.26. The summed E-state index contributed by atoms with van der Waals surface area (Å²) in [5.74, 6) is 6.50. The predicted molar refractivity (Wildman–Crippen MR) is 55.6 cm³/mol. The standard InChI is InChI=1S/C13H13F/c14-13-9-8-12(10-13)7-6-11-4-2-1-3-5-11/h1-5,12-13H,8-10H2. The second-order valence-corrected chi connectivity index (χ2v) is 3.74. The van der Waals surface area contributed by atoms with Gasteiger partial charge in [-0.25, -0.2) is 4.39 Å². The maximum Gasteiger partial charge on any atom is 0.101 e. The minimum atomic E-state index is -0.620. The van der Waals surface area contributed by atoms with Crippen LogP contribution in [0.2, 0.25) is 0 Å². The van der Waals surface area contributed by atoms with Crippen molar-refractivity contribution in [3.05, 3.63) is 35.9 Å². The highest BCUT2D eigenvalue weighted by molar-refractivity contribution is 5.34. The van der Waals surface area contributed by atoms with E-state index in [-0.39, 0.29) is 5.92 Å². The predicted octanol–water partition coefficient (Wildman–Crippen LogP) is 3.18. The Labute approximate surface area is 84.1 Å². The molecule has 1 saturated carbocycles. The van der Waals surface area contributed by atoms with E-state index >= 15 is 0 Å². The Kier molecular flexibility index (Phi) is 2.84. The minimum Gasteiger partial charge on any atom is -0.247 e. The Morgan fingerprint density at radius 2 is 1.93 bits per heavy atom. The van der Waals surface area contributed by atoms with E-state index < -0.39 is 6.17 Å². The highest BCUT2D eigenvalue weighted by atomic mass is 19.1. The first-order chi connectivity index (χ1) is 6.84. The maximum atomic E-state index is 12.8. The number of hydrogen-bond acceptors (Lipinski definition) is 0. The van der Waals surface area contributed by atoms with Gasteiger partial charge in [-0.1, -0.05) is 30.0 Å². The Morgan fingerprint density at radius 3 is 2.57 bits per heavy atom. The summed E-state index contributed by atoms with van der Waals surface area (Å²) < 4.78 is 12.8. The van der Waals surface area contributed by atoms with E-state index in [1.807, 2.05) is 30.3 Å². The molecule has 1 aliphatic rings. The average molecular weight is 188 g/mol. The fourth-order valence-electron chi connectivity index (χ4n) is 1.76. The van der Waals surface area contributed by atoms with E-state index in [9.17, 15) is 4.39 Å². The average Bonchev–Trinajstić information content (AvgIpc) is 2.63. The zero-order valence-electron chi connectivity index (χ0n) is 8.04. The summed E-state index contributed by atoms with van der Waals surface area (Å²) in [6.07, 6.45) is 1.61. The summed E-state index contributed by atoms with van der Waals surface area (Å²) in [5.41, 5.74) is 1.02. The Balaban J connectivity index is 2.01. The summed E-state index contributed by atoms with van der Waals surface area (Å²) in [7, 11) is 0. The molecular formula is C13H13F. The lowest BCUT2D eigenvalue weighted by Gasteiger charge is -1.96. The third kappa shape index (κ3) is 2.35. The molecule has 72 valence electrons. The van der Waals surface area contributed by atoms with Gasteiger partial charge in [0.25, 0.3) is 0 Å². The normalized spacial score (nSPS) is 25.5. The molecule has 0 saturated heterocycles. The van der Waals surface area contributed by atoms with E-state index in [1.165, 1.54) is 0 Å². The summed E-state index contributed by atoms with van der Waals surface area (Å²) in [6, 6.07) is 9.87. The van der Waals surface area contributed by atoms with Crippen LogP contribution < -0.4 is 0 Å². The molecule has 14 heavy (non-hydrogen) atoms. The highest BCUT2D eigenvalue weighted by Gasteiger charge is 2.22. The van der Waals surface area contributed by atoms with E-state index in [1.54, 1.807) is 0 Å². The van der Waals surface area contributed by atoms with E-state index in [0.717, 1.165) is 12.0 Å². The second-order valence-electron chi connectivity index (χ2n) is 3.74. The molecule has 0 bridgehead atoms. The van der Waals surface area contributed by atoms with Crippen LogP contribution in [0.1, 0.15) is 24.8 Å². The van der Waals surface area contributed by atoms with Crippen LogP contribution in [0.5, 0.6) is 0 Å². The van der Waals surface area contributed by atoms with Crippen LogP contribution in [0, 0.1) is 17.8 Å². The Bertz CT molecular complexity index is 344. The molecule has 2 atom stereocenters. The minimum absolute atomic E-state index is 0.269. The van der Waals surface area contributed by atoms with Gasteiger partial charge in [-0.15, -0.1) is 0 Å². The fraction of sp³-hybridized carbons (Fsp3) is 0.385. The van der Waals surface area contributed by atoms with E-state index in [4.69, 9.17) is 0 Å². The fourth-order valence-corrected chi connectivity index (χ4v) is 1.76. The number of halogens is 1. The lowest BCUT2D eigenvalue weighted by atomic mass is 10.1.